The Morgan fingerprint density at radius 2 is 2.28 bits per heavy atom. The van der Waals surface area contributed by atoms with E-state index in [-0.39, 0.29) is 24.3 Å². The van der Waals surface area contributed by atoms with Gasteiger partial charge in [0.05, 0.1) is 18.3 Å². The van der Waals surface area contributed by atoms with E-state index in [1.54, 1.807) is 6.07 Å². The van der Waals surface area contributed by atoms with Crippen molar-refractivity contribution in [3.63, 3.8) is 0 Å². The van der Waals surface area contributed by atoms with Gasteiger partial charge >= 0.3 is 0 Å². The zero-order valence-corrected chi connectivity index (χ0v) is 16.4. The standard InChI is InChI=1S/C20H18FN5O2S/c1-11-15-9-29-19(23)26-20(15,10-28-11)14-6-13(3-4-16(14)21)25-18(27)17-5-2-12(7-22)8-24-17/h2-6,8,11,15H,9-10H2,1H3,(H2,23,26)(H,25,27)/t11-,15-,20-/m1/s1. The first kappa shape index (κ1) is 19.4. The number of nitrogens with two attached hydrogens (primary N) is 1. The van der Waals surface area contributed by atoms with Gasteiger partial charge in [0.15, 0.2) is 5.17 Å². The zero-order valence-electron chi connectivity index (χ0n) is 15.6. The number of hydrogen-bond acceptors (Lipinski definition) is 7. The molecule has 0 unspecified atom stereocenters. The van der Waals surface area contributed by atoms with Crippen molar-refractivity contribution < 1.29 is 13.9 Å². The molecule has 2 aliphatic rings. The minimum absolute atomic E-state index is 0.0274. The van der Waals surface area contributed by atoms with Crippen LogP contribution >= 0.6 is 11.8 Å². The lowest BCUT2D eigenvalue weighted by Gasteiger charge is -2.35. The molecule has 148 valence electrons. The van der Waals surface area contributed by atoms with Crippen LogP contribution in [0.1, 0.15) is 28.5 Å². The van der Waals surface area contributed by atoms with Crippen LogP contribution in [0.3, 0.4) is 0 Å². The fourth-order valence-corrected chi connectivity index (χ4v) is 4.85. The molecule has 1 aromatic heterocycles. The second-order valence-corrected chi connectivity index (χ2v) is 8.04. The summed E-state index contributed by atoms with van der Waals surface area (Å²) in [7, 11) is 0. The van der Waals surface area contributed by atoms with E-state index in [1.807, 2.05) is 13.0 Å². The van der Waals surface area contributed by atoms with Gasteiger partial charge in [0.1, 0.15) is 23.1 Å². The minimum Gasteiger partial charge on any atom is -0.379 e. The number of carbonyl (C=O) groups is 1. The van der Waals surface area contributed by atoms with Crippen LogP contribution in [-0.2, 0) is 10.3 Å². The van der Waals surface area contributed by atoms with Gasteiger partial charge in [-0.05, 0) is 37.3 Å². The van der Waals surface area contributed by atoms with E-state index >= 15 is 0 Å². The molecule has 0 aliphatic carbocycles. The van der Waals surface area contributed by atoms with Crippen molar-refractivity contribution in [3.05, 3.63) is 59.2 Å². The molecule has 0 spiro atoms. The second kappa shape index (κ2) is 7.46. The summed E-state index contributed by atoms with van der Waals surface area (Å²) >= 11 is 1.44. The highest BCUT2D eigenvalue weighted by molar-refractivity contribution is 8.13. The van der Waals surface area contributed by atoms with Gasteiger partial charge in [-0.1, -0.05) is 11.8 Å². The lowest BCUT2D eigenvalue weighted by molar-refractivity contribution is 0.102. The van der Waals surface area contributed by atoms with Crippen LogP contribution in [0.2, 0.25) is 0 Å². The molecule has 3 heterocycles. The smallest absolute Gasteiger partial charge is 0.274 e. The Labute approximate surface area is 171 Å². The first-order chi connectivity index (χ1) is 13.9. The number of halogens is 1. The molecular formula is C20H18FN5O2S. The SMILES string of the molecule is C[C@H]1OC[C@]2(c3cc(NC(=O)c4ccc(C#N)cn4)ccc3F)N=C(N)SC[C@H]12. The predicted octanol–water partition coefficient (Wildman–Crippen LogP) is 2.64. The van der Waals surface area contributed by atoms with E-state index in [9.17, 15) is 9.18 Å². The highest BCUT2D eigenvalue weighted by Crippen LogP contribution is 2.48. The third kappa shape index (κ3) is 3.45. The lowest BCUT2D eigenvalue weighted by atomic mass is 9.79. The van der Waals surface area contributed by atoms with E-state index in [0.717, 1.165) is 0 Å². The molecule has 2 aromatic rings. The van der Waals surface area contributed by atoms with Crippen LogP contribution in [-0.4, -0.2) is 34.5 Å². The number of nitrogens with zero attached hydrogens (tertiary/aromatic N) is 3. The number of thioether (sulfide) groups is 1. The van der Waals surface area contributed by atoms with E-state index < -0.39 is 17.3 Å². The van der Waals surface area contributed by atoms with Crippen molar-refractivity contribution in [2.45, 2.75) is 18.6 Å². The maximum Gasteiger partial charge on any atom is 0.274 e. The van der Waals surface area contributed by atoms with Gasteiger partial charge in [-0.15, -0.1) is 0 Å². The molecule has 2 aliphatic heterocycles. The Balaban J connectivity index is 1.67. The number of ether oxygens (including phenoxy) is 1. The molecule has 1 amide bonds. The molecule has 1 fully saturated rings. The van der Waals surface area contributed by atoms with Gasteiger partial charge in [-0.3, -0.25) is 4.79 Å². The summed E-state index contributed by atoms with van der Waals surface area (Å²) in [6.07, 6.45) is 1.24. The van der Waals surface area contributed by atoms with Gasteiger partial charge in [0.25, 0.3) is 5.91 Å². The lowest BCUT2D eigenvalue weighted by Crippen LogP contribution is -2.41. The highest BCUT2D eigenvalue weighted by Gasteiger charge is 2.52. The quantitative estimate of drug-likeness (QED) is 0.803. The number of rotatable bonds is 3. The fourth-order valence-electron chi connectivity index (χ4n) is 3.72. The van der Waals surface area contributed by atoms with E-state index in [1.165, 1.54) is 42.2 Å². The maximum absolute atomic E-state index is 14.9. The van der Waals surface area contributed by atoms with E-state index in [2.05, 4.69) is 15.3 Å². The number of amides is 1. The van der Waals surface area contributed by atoms with Crippen molar-refractivity contribution >= 4 is 28.5 Å². The molecule has 0 bridgehead atoms. The molecular weight excluding hydrogens is 393 g/mol. The van der Waals surface area contributed by atoms with Crippen molar-refractivity contribution in [3.8, 4) is 6.07 Å². The normalized spacial score (nSPS) is 25.6. The molecule has 3 atom stereocenters. The van der Waals surface area contributed by atoms with E-state index in [0.29, 0.717) is 27.7 Å². The molecule has 1 saturated heterocycles. The Morgan fingerprint density at radius 3 is 3.00 bits per heavy atom. The third-order valence-corrected chi connectivity index (χ3v) is 6.20. The number of hydrogen-bond donors (Lipinski definition) is 2. The summed E-state index contributed by atoms with van der Waals surface area (Å²) in [5.74, 6) is -0.229. The number of aliphatic imine (C=N–C) groups is 1. The predicted molar refractivity (Wildman–Crippen MR) is 108 cm³/mol. The van der Waals surface area contributed by atoms with Gasteiger partial charge in [-0.2, -0.15) is 5.26 Å². The first-order valence-corrected chi connectivity index (χ1v) is 9.99. The summed E-state index contributed by atoms with van der Waals surface area (Å²) in [5.41, 5.74) is 6.32. The number of pyridine rings is 1. The summed E-state index contributed by atoms with van der Waals surface area (Å²) in [4.78, 5) is 21.1. The molecule has 29 heavy (non-hydrogen) atoms. The zero-order chi connectivity index (χ0) is 20.6. The summed E-state index contributed by atoms with van der Waals surface area (Å²) in [6, 6.07) is 9.29. The summed E-state index contributed by atoms with van der Waals surface area (Å²) in [6.45, 7) is 2.18. The minimum atomic E-state index is -0.910. The summed E-state index contributed by atoms with van der Waals surface area (Å²) in [5, 5.41) is 12.0. The largest absolute Gasteiger partial charge is 0.379 e. The molecule has 1 aromatic carbocycles. The molecule has 0 saturated carbocycles. The third-order valence-electron chi connectivity index (χ3n) is 5.28. The van der Waals surface area contributed by atoms with Crippen LogP contribution in [0.5, 0.6) is 0 Å². The molecule has 7 nitrogen and oxygen atoms in total. The van der Waals surface area contributed by atoms with E-state index in [4.69, 9.17) is 15.7 Å². The van der Waals surface area contributed by atoms with Crippen LogP contribution in [0, 0.1) is 23.1 Å². The Bertz CT molecular complexity index is 1040. The number of benzene rings is 1. The molecule has 3 N–H and O–H groups in total. The molecule has 9 heteroatoms. The maximum atomic E-state index is 14.9. The first-order valence-electron chi connectivity index (χ1n) is 9.00. The van der Waals surface area contributed by atoms with Crippen molar-refractivity contribution in [2.75, 3.05) is 17.7 Å². The highest BCUT2D eigenvalue weighted by atomic mass is 32.2. The van der Waals surface area contributed by atoms with Gasteiger partial charge in [-0.25, -0.2) is 14.4 Å². The Kier molecular flexibility index (Phi) is 4.98. The number of aromatic nitrogens is 1. The number of anilines is 1. The van der Waals surface area contributed by atoms with Crippen molar-refractivity contribution in [2.24, 2.45) is 16.6 Å². The summed E-state index contributed by atoms with van der Waals surface area (Å²) < 4.78 is 20.7. The van der Waals surface area contributed by atoms with Crippen LogP contribution in [0.15, 0.2) is 41.5 Å². The fraction of sp³-hybridized carbons (Fsp3) is 0.300. The average molecular weight is 411 g/mol. The van der Waals surface area contributed by atoms with Crippen LogP contribution < -0.4 is 11.1 Å². The van der Waals surface area contributed by atoms with Crippen molar-refractivity contribution in [1.29, 1.82) is 5.26 Å². The number of nitrogens with one attached hydrogen (secondary N) is 1. The van der Waals surface area contributed by atoms with Gasteiger partial charge in [0, 0.05) is 29.1 Å². The number of carbonyl (C=O) groups excluding carboxylic acids is 1. The number of nitriles is 1. The number of fused-ring (bicyclic) bond motifs is 1. The van der Waals surface area contributed by atoms with Crippen molar-refractivity contribution in [1.82, 2.24) is 4.98 Å². The molecule has 0 radical (unpaired) electrons. The Hall–Kier alpha value is -2.96. The van der Waals surface area contributed by atoms with Crippen LogP contribution in [0.25, 0.3) is 0 Å². The second-order valence-electron chi connectivity index (χ2n) is 7.00. The van der Waals surface area contributed by atoms with Gasteiger partial charge < -0.3 is 15.8 Å². The average Bonchev–Trinajstić information content (AvgIpc) is 3.06. The monoisotopic (exact) mass is 411 g/mol. The Morgan fingerprint density at radius 1 is 1.45 bits per heavy atom. The van der Waals surface area contributed by atoms with Crippen LogP contribution in [0.4, 0.5) is 10.1 Å². The number of amidine groups is 1. The topological polar surface area (TPSA) is 113 Å². The van der Waals surface area contributed by atoms with Gasteiger partial charge in [0.2, 0.25) is 0 Å². The molecule has 4 rings (SSSR count).